The summed E-state index contributed by atoms with van der Waals surface area (Å²) in [5, 5.41) is 13.8. The van der Waals surface area contributed by atoms with Crippen molar-refractivity contribution in [3.05, 3.63) is 36.2 Å². The second-order valence-corrected chi connectivity index (χ2v) is 4.56. The van der Waals surface area contributed by atoms with Crippen LogP contribution in [-0.4, -0.2) is 27.6 Å². The second kappa shape index (κ2) is 4.12. The van der Waals surface area contributed by atoms with E-state index >= 15 is 0 Å². The zero-order valence-corrected chi connectivity index (χ0v) is 10.1. The van der Waals surface area contributed by atoms with Crippen LogP contribution in [0.5, 0.6) is 5.75 Å². The molecule has 1 aliphatic rings. The fourth-order valence-electron chi connectivity index (χ4n) is 2.17. The molecule has 18 heavy (non-hydrogen) atoms. The molecule has 3 rings (SSSR count). The number of rotatable bonds is 1. The summed E-state index contributed by atoms with van der Waals surface area (Å²) < 4.78 is 7.27. The minimum atomic E-state index is -0.637. The number of aryl methyl sites for hydroxylation is 1. The van der Waals surface area contributed by atoms with Gasteiger partial charge in [-0.3, -0.25) is 4.68 Å². The highest BCUT2D eigenvalue weighted by molar-refractivity contribution is 5.65. The molecule has 2 heterocycles. The maximum absolute atomic E-state index is 9.65. The molecule has 5 heteroatoms. The summed E-state index contributed by atoms with van der Waals surface area (Å²) in [7, 11) is 1.88. The van der Waals surface area contributed by atoms with Crippen molar-refractivity contribution >= 4 is 0 Å². The topological polar surface area (TPSA) is 73.3 Å². The first-order chi connectivity index (χ1) is 8.65. The van der Waals surface area contributed by atoms with E-state index < -0.39 is 6.10 Å². The Hall–Kier alpha value is -1.85. The van der Waals surface area contributed by atoms with Gasteiger partial charge in [0.25, 0.3) is 0 Å². The van der Waals surface area contributed by atoms with Crippen molar-refractivity contribution in [2.45, 2.75) is 12.1 Å². The van der Waals surface area contributed by atoms with Crippen LogP contribution in [0.1, 0.15) is 11.6 Å². The molecule has 1 aromatic heterocycles. The number of nitrogens with two attached hydrogens (primary N) is 1. The van der Waals surface area contributed by atoms with Gasteiger partial charge in [-0.2, -0.15) is 5.10 Å². The van der Waals surface area contributed by atoms with Crippen LogP contribution in [0.4, 0.5) is 0 Å². The first-order valence-corrected chi connectivity index (χ1v) is 5.84. The van der Waals surface area contributed by atoms with Gasteiger partial charge >= 0.3 is 0 Å². The summed E-state index contributed by atoms with van der Waals surface area (Å²) in [5.74, 6) is 0.745. The van der Waals surface area contributed by atoms with E-state index in [1.54, 1.807) is 10.9 Å². The fraction of sp³-hybridized carbons (Fsp3) is 0.308. The van der Waals surface area contributed by atoms with Gasteiger partial charge in [0.2, 0.25) is 0 Å². The summed E-state index contributed by atoms with van der Waals surface area (Å²) in [6.07, 6.45) is 3.11. The lowest BCUT2D eigenvalue weighted by Crippen LogP contribution is -2.35. The Bertz CT molecular complexity index is 579. The van der Waals surface area contributed by atoms with Crippen LogP contribution < -0.4 is 10.5 Å². The van der Waals surface area contributed by atoms with Gasteiger partial charge < -0.3 is 15.6 Å². The molecule has 0 radical (unpaired) electrons. The fourth-order valence-corrected chi connectivity index (χ4v) is 2.17. The molecule has 2 atom stereocenters. The Morgan fingerprint density at radius 3 is 3.00 bits per heavy atom. The number of hydrogen-bond donors (Lipinski definition) is 2. The number of benzene rings is 1. The van der Waals surface area contributed by atoms with E-state index in [4.69, 9.17) is 10.5 Å². The second-order valence-electron chi connectivity index (χ2n) is 4.56. The number of hydrogen-bond acceptors (Lipinski definition) is 4. The van der Waals surface area contributed by atoms with Crippen LogP contribution >= 0.6 is 0 Å². The van der Waals surface area contributed by atoms with Crippen LogP contribution in [0.15, 0.2) is 30.6 Å². The third-order valence-electron chi connectivity index (χ3n) is 3.24. The molecule has 0 saturated carbocycles. The predicted octanol–water partition coefficient (Wildman–Crippen LogP) is 0.840. The van der Waals surface area contributed by atoms with E-state index in [0.717, 1.165) is 22.4 Å². The van der Waals surface area contributed by atoms with Gasteiger partial charge in [0, 0.05) is 24.4 Å². The largest absolute Gasteiger partial charge is 0.490 e. The number of aliphatic hydroxyl groups is 1. The van der Waals surface area contributed by atoms with E-state index in [0.29, 0.717) is 0 Å². The van der Waals surface area contributed by atoms with Crippen molar-refractivity contribution in [2.75, 3.05) is 6.61 Å². The number of aromatic nitrogens is 2. The number of aliphatic hydroxyl groups excluding tert-OH is 1. The molecule has 0 amide bonds. The lowest BCUT2D eigenvalue weighted by atomic mass is 9.96. The van der Waals surface area contributed by atoms with Crippen LogP contribution in [-0.2, 0) is 7.05 Å². The molecular formula is C13H15N3O2. The van der Waals surface area contributed by atoms with E-state index in [-0.39, 0.29) is 12.6 Å². The predicted molar refractivity (Wildman–Crippen MR) is 67.1 cm³/mol. The summed E-state index contributed by atoms with van der Waals surface area (Å²) in [4.78, 5) is 0. The van der Waals surface area contributed by atoms with Gasteiger partial charge in [0.1, 0.15) is 18.5 Å². The molecule has 3 N–H and O–H groups in total. The highest BCUT2D eigenvalue weighted by Gasteiger charge is 2.26. The minimum Gasteiger partial charge on any atom is -0.490 e. The first kappa shape index (κ1) is 11.3. The van der Waals surface area contributed by atoms with E-state index in [9.17, 15) is 5.11 Å². The minimum absolute atomic E-state index is 0.241. The van der Waals surface area contributed by atoms with Crippen LogP contribution in [0.2, 0.25) is 0 Å². The van der Waals surface area contributed by atoms with Gasteiger partial charge in [0.15, 0.2) is 0 Å². The van der Waals surface area contributed by atoms with Gasteiger partial charge in [-0.05, 0) is 11.6 Å². The molecule has 1 aliphatic heterocycles. The van der Waals surface area contributed by atoms with Gasteiger partial charge in [-0.25, -0.2) is 0 Å². The number of fused-ring (bicyclic) bond motifs is 1. The van der Waals surface area contributed by atoms with E-state index in [1.807, 2.05) is 31.4 Å². The molecule has 0 fully saturated rings. The molecule has 0 saturated heterocycles. The monoisotopic (exact) mass is 245 g/mol. The molecule has 1 aromatic carbocycles. The maximum atomic E-state index is 9.65. The van der Waals surface area contributed by atoms with Crippen LogP contribution in [0.3, 0.4) is 0 Å². The maximum Gasteiger partial charge on any atom is 0.124 e. The highest BCUT2D eigenvalue weighted by Crippen LogP contribution is 2.34. The van der Waals surface area contributed by atoms with Crippen molar-refractivity contribution in [3.8, 4) is 16.9 Å². The van der Waals surface area contributed by atoms with E-state index in [1.165, 1.54) is 0 Å². The van der Waals surface area contributed by atoms with Gasteiger partial charge in [-0.15, -0.1) is 0 Å². The molecule has 0 aliphatic carbocycles. The summed E-state index contributed by atoms with van der Waals surface area (Å²) in [6, 6.07) is 5.44. The number of nitrogens with zero attached hydrogens (tertiary/aromatic N) is 2. The van der Waals surface area contributed by atoms with Crippen LogP contribution in [0, 0.1) is 0 Å². The SMILES string of the molecule is Cn1cc(-c2ccc3c(c2)OCC(O)C3N)cn1. The average Bonchev–Trinajstić information content (AvgIpc) is 2.80. The zero-order chi connectivity index (χ0) is 12.7. The van der Waals surface area contributed by atoms with Gasteiger partial charge in [-0.1, -0.05) is 12.1 Å². The van der Waals surface area contributed by atoms with Crippen molar-refractivity contribution < 1.29 is 9.84 Å². The zero-order valence-electron chi connectivity index (χ0n) is 10.1. The quantitative estimate of drug-likeness (QED) is 0.781. The molecule has 2 unspecified atom stereocenters. The smallest absolute Gasteiger partial charge is 0.124 e. The molecule has 0 bridgehead atoms. The number of ether oxygens (including phenoxy) is 1. The van der Waals surface area contributed by atoms with Gasteiger partial charge in [0.05, 0.1) is 12.2 Å². The summed E-state index contributed by atoms with van der Waals surface area (Å²) in [6.45, 7) is 0.241. The third kappa shape index (κ3) is 1.77. The average molecular weight is 245 g/mol. The molecular weight excluding hydrogens is 230 g/mol. The Balaban J connectivity index is 2.01. The molecule has 0 spiro atoms. The Morgan fingerprint density at radius 2 is 2.28 bits per heavy atom. The Morgan fingerprint density at radius 1 is 1.44 bits per heavy atom. The van der Waals surface area contributed by atoms with Crippen LogP contribution in [0.25, 0.3) is 11.1 Å². The molecule has 94 valence electrons. The standard InChI is InChI=1S/C13H15N3O2/c1-16-6-9(5-15-16)8-2-3-10-12(4-8)18-7-11(17)13(10)14/h2-6,11,13,17H,7,14H2,1H3. The van der Waals surface area contributed by atoms with Crippen molar-refractivity contribution in [1.29, 1.82) is 0 Å². The van der Waals surface area contributed by atoms with Crippen molar-refractivity contribution in [2.24, 2.45) is 12.8 Å². The van der Waals surface area contributed by atoms with Crippen molar-refractivity contribution in [3.63, 3.8) is 0 Å². The molecule has 2 aromatic rings. The van der Waals surface area contributed by atoms with Crippen molar-refractivity contribution in [1.82, 2.24) is 9.78 Å². The first-order valence-electron chi connectivity index (χ1n) is 5.84. The lowest BCUT2D eigenvalue weighted by molar-refractivity contribution is 0.0679. The summed E-state index contributed by atoms with van der Waals surface area (Å²) in [5.41, 5.74) is 8.85. The lowest BCUT2D eigenvalue weighted by Gasteiger charge is -2.27. The van der Waals surface area contributed by atoms with E-state index in [2.05, 4.69) is 5.10 Å². The highest BCUT2D eigenvalue weighted by atomic mass is 16.5. The Labute approximate surface area is 105 Å². The third-order valence-corrected chi connectivity index (χ3v) is 3.24. The molecule has 5 nitrogen and oxygen atoms in total. The summed E-state index contributed by atoms with van der Waals surface area (Å²) >= 11 is 0. The Kier molecular flexibility index (Phi) is 2.57. The normalized spacial score (nSPS) is 22.4.